The summed E-state index contributed by atoms with van der Waals surface area (Å²) in [6, 6.07) is 0.0353. The van der Waals surface area contributed by atoms with Crippen LogP contribution >= 0.6 is 0 Å². The number of nitrogens with one attached hydrogen (secondary N) is 3. The number of hydrogen-bond acceptors (Lipinski definition) is 4. The molecular weight excluding hydrogens is 288 g/mol. The van der Waals surface area contributed by atoms with Gasteiger partial charge in [0.1, 0.15) is 0 Å². The first-order chi connectivity index (χ1) is 9.97. The van der Waals surface area contributed by atoms with E-state index in [-0.39, 0.29) is 11.1 Å². The third-order valence-corrected chi connectivity index (χ3v) is 5.82. The van der Waals surface area contributed by atoms with Crippen molar-refractivity contribution < 1.29 is 8.42 Å². The van der Waals surface area contributed by atoms with Crippen molar-refractivity contribution in [3.05, 3.63) is 11.3 Å². The summed E-state index contributed by atoms with van der Waals surface area (Å²) in [6.07, 6.45) is 5.27. The Morgan fingerprint density at radius 1 is 1.38 bits per heavy atom. The van der Waals surface area contributed by atoms with Gasteiger partial charge in [0, 0.05) is 23.8 Å². The highest BCUT2D eigenvalue weighted by molar-refractivity contribution is 7.89. The summed E-state index contributed by atoms with van der Waals surface area (Å²) in [4.78, 5) is 0. The zero-order chi connectivity index (χ0) is 15.5. The van der Waals surface area contributed by atoms with E-state index in [2.05, 4.69) is 27.2 Å². The average molecular weight is 314 g/mol. The van der Waals surface area contributed by atoms with Crippen molar-refractivity contribution in [1.82, 2.24) is 20.2 Å². The van der Waals surface area contributed by atoms with Gasteiger partial charge >= 0.3 is 0 Å². The minimum Gasteiger partial charge on any atom is -0.316 e. The Kier molecular flexibility index (Phi) is 5.40. The number of nitrogens with zero attached hydrogens (tertiary/aromatic N) is 1. The minimum atomic E-state index is -3.56. The monoisotopic (exact) mass is 314 g/mol. The highest BCUT2D eigenvalue weighted by atomic mass is 32.2. The van der Waals surface area contributed by atoms with E-state index in [1.165, 1.54) is 6.42 Å². The van der Waals surface area contributed by atoms with Crippen molar-refractivity contribution in [2.45, 2.75) is 63.6 Å². The number of aryl methyl sites for hydroxylation is 1. The van der Waals surface area contributed by atoms with Crippen molar-refractivity contribution >= 4 is 10.0 Å². The molecule has 1 saturated carbocycles. The van der Waals surface area contributed by atoms with Crippen LogP contribution in [0.1, 0.15) is 50.3 Å². The zero-order valence-electron chi connectivity index (χ0n) is 13.1. The number of aromatic nitrogens is 2. The molecular formula is C14H26N4O2S. The van der Waals surface area contributed by atoms with E-state index in [1.807, 2.05) is 6.92 Å². The molecule has 0 amide bonds. The topological polar surface area (TPSA) is 86.9 Å². The van der Waals surface area contributed by atoms with E-state index >= 15 is 0 Å². The summed E-state index contributed by atoms with van der Waals surface area (Å²) in [5, 5.41) is 9.89. The fraction of sp³-hybridized carbons (Fsp3) is 0.786. The van der Waals surface area contributed by atoms with Gasteiger partial charge in [-0.05, 0) is 32.7 Å². The summed E-state index contributed by atoms with van der Waals surface area (Å²) in [5.74, 6) is 0.629. The third kappa shape index (κ3) is 3.84. The van der Waals surface area contributed by atoms with Gasteiger partial charge in [0.05, 0.1) is 0 Å². The van der Waals surface area contributed by atoms with Gasteiger partial charge < -0.3 is 5.32 Å². The molecule has 2 atom stereocenters. The van der Waals surface area contributed by atoms with Crippen molar-refractivity contribution in [3.63, 3.8) is 0 Å². The van der Waals surface area contributed by atoms with E-state index in [0.29, 0.717) is 18.0 Å². The molecule has 1 aromatic rings. The molecule has 0 bridgehead atoms. The molecule has 21 heavy (non-hydrogen) atoms. The first-order valence-electron chi connectivity index (χ1n) is 7.68. The second-order valence-corrected chi connectivity index (χ2v) is 7.55. The molecule has 120 valence electrons. The Balaban J connectivity index is 2.15. The van der Waals surface area contributed by atoms with Crippen LogP contribution in [0.15, 0.2) is 5.03 Å². The Morgan fingerprint density at radius 2 is 2.14 bits per heavy atom. The summed E-state index contributed by atoms with van der Waals surface area (Å²) in [6.45, 7) is 4.50. The van der Waals surface area contributed by atoms with Crippen LogP contribution in [-0.4, -0.2) is 31.7 Å². The van der Waals surface area contributed by atoms with Gasteiger partial charge in [-0.15, -0.1) is 0 Å². The lowest BCUT2D eigenvalue weighted by Crippen LogP contribution is -2.38. The smallest absolute Gasteiger partial charge is 0.260 e. The van der Waals surface area contributed by atoms with E-state index in [0.717, 1.165) is 31.4 Å². The maximum Gasteiger partial charge on any atom is 0.260 e. The van der Waals surface area contributed by atoms with Gasteiger partial charge in [-0.1, -0.05) is 26.2 Å². The van der Waals surface area contributed by atoms with Crippen molar-refractivity contribution in [1.29, 1.82) is 0 Å². The number of aromatic amines is 1. The van der Waals surface area contributed by atoms with Crippen LogP contribution in [-0.2, 0) is 16.6 Å². The maximum absolute atomic E-state index is 12.6. The highest BCUT2D eigenvalue weighted by Gasteiger charge is 2.29. The van der Waals surface area contributed by atoms with E-state index < -0.39 is 10.0 Å². The molecule has 6 nitrogen and oxygen atoms in total. The highest BCUT2D eigenvalue weighted by Crippen LogP contribution is 2.28. The molecule has 1 aromatic heterocycles. The van der Waals surface area contributed by atoms with Crippen LogP contribution in [0.5, 0.6) is 0 Å². The van der Waals surface area contributed by atoms with Crippen LogP contribution in [0.4, 0.5) is 0 Å². The molecule has 2 unspecified atom stereocenters. The molecule has 1 fully saturated rings. The number of H-pyrrole nitrogens is 1. The summed E-state index contributed by atoms with van der Waals surface area (Å²) in [7, 11) is -1.76. The Hall–Kier alpha value is -0.920. The van der Waals surface area contributed by atoms with E-state index in [9.17, 15) is 8.42 Å². The van der Waals surface area contributed by atoms with Gasteiger partial charge in [-0.2, -0.15) is 5.10 Å². The van der Waals surface area contributed by atoms with Gasteiger partial charge in [-0.25, -0.2) is 13.1 Å². The van der Waals surface area contributed by atoms with Crippen molar-refractivity contribution in [3.8, 4) is 0 Å². The maximum atomic E-state index is 12.6. The molecule has 0 spiro atoms. The fourth-order valence-corrected chi connectivity index (χ4v) is 4.56. The summed E-state index contributed by atoms with van der Waals surface area (Å²) in [5.41, 5.74) is 1.51. The molecule has 0 aliphatic heterocycles. The Bertz CT molecular complexity index is 568. The van der Waals surface area contributed by atoms with Gasteiger partial charge in [0.25, 0.3) is 10.0 Å². The molecule has 1 aliphatic carbocycles. The van der Waals surface area contributed by atoms with Gasteiger partial charge in [0.15, 0.2) is 5.03 Å². The molecule has 0 radical (unpaired) electrons. The molecule has 1 heterocycles. The SMILES string of the molecule is CCC1CCCC(NS(=O)(=O)c2n[nH]c(C)c2CNC)C1. The largest absolute Gasteiger partial charge is 0.316 e. The second-order valence-electron chi connectivity index (χ2n) is 5.92. The molecule has 0 saturated heterocycles. The van der Waals surface area contributed by atoms with E-state index in [1.54, 1.807) is 7.05 Å². The summed E-state index contributed by atoms with van der Waals surface area (Å²) < 4.78 is 28.0. The fourth-order valence-electron chi connectivity index (χ4n) is 3.08. The van der Waals surface area contributed by atoms with Gasteiger partial charge in [-0.3, -0.25) is 5.10 Å². The lowest BCUT2D eigenvalue weighted by Gasteiger charge is -2.28. The molecule has 3 N–H and O–H groups in total. The quantitative estimate of drug-likeness (QED) is 0.745. The predicted molar refractivity (Wildman–Crippen MR) is 82.4 cm³/mol. The van der Waals surface area contributed by atoms with Gasteiger partial charge in [0.2, 0.25) is 0 Å². The van der Waals surface area contributed by atoms with Crippen LogP contribution in [0.2, 0.25) is 0 Å². The van der Waals surface area contributed by atoms with E-state index in [4.69, 9.17) is 0 Å². The average Bonchev–Trinajstić information content (AvgIpc) is 2.81. The number of rotatable bonds is 6. The first-order valence-corrected chi connectivity index (χ1v) is 9.17. The summed E-state index contributed by atoms with van der Waals surface area (Å²) >= 11 is 0. The molecule has 1 aliphatic rings. The third-order valence-electron chi connectivity index (χ3n) is 4.33. The predicted octanol–water partition coefficient (Wildman–Crippen LogP) is 1.68. The zero-order valence-corrected chi connectivity index (χ0v) is 13.9. The van der Waals surface area contributed by atoms with Crippen LogP contribution in [0.25, 0.3) is 0 Å². The lowest BCUT2D eigenvalue weighted by atomic mass is 9.85. The number of sulfonamides is 1. The molecule has 7 heteroatoms. The van der Waals surface area contributed by atoms with Crippen LogP contribution < -0.4 is 10.0 Å². The second kappa shape index (κ2) is 6.89. The minimum absolute atomic E-state index is 0.0353. The molecule has 0 aromatic carbocycles. The Labute approximate surface area is 127 Å². The Morgan fingerprint density at radius 3 is 2.81 bits per heavy atom. The number of hydrogen-bond donors (Lipinski definition) is 3. The van der Waals surface area contributed by atoms with Crippen molar-refractivity contribution in [2.24, 2.45) is 5.92 Å². The lowest BCUT2D eigenvalue weighted by molar-refractivity contribution is 0.301. The normalized spacial score (nSPS) is 23.4. The standard InChI is InChI=1S/C14H26N4O2S/c1-4-11-6-5-7-12(8-11)18-21(19,20)14-13(9-15-3)10(2)16-17-14/h11-12,15,18H,4-9H2,1-3H3,(H,16,17). The van der Waals surface area contributed by atoms with Crippen molar-refractivity contribution in [2.75, 3.05) is 7.05 Å². The van der Waals surface area contributed by atoms with Crippen LogP contribution in [0.3, 0.4) is 0 Å². The molecule has 2 rings (SSSR count). The first kappa shape index (κ1) is 16.5. The van der Waals surface area contributed by atoms with Crippen LogP contribution in [0, 0.1) is 12.8 Å².